The molecule has 2 aliphatic heterocycles. The van der Waals surface area contributed by atoms with E-state index >= 15 is 0 Å². The topological polar surface area (TPSA) is 38.7 Å². The van der Waals surface area contributed by atoms with Crippen LogP contribution in [0.1, 0.15) is 27.2 Å². The first kappa shape index (κ1) is 7.30. The zero-order valence-electron chi connectivity index (χ0n) is 8.74. The predicted octanol–water partition coefficient (Wildman–Crippen LogP) is 0.702. The summed E-state index contributed by atoms with van der Waals surface area (Å²) in [6.45, 7) is 6.01. The second-order valence-electron chi connectivity index (χ2n) is 3.80. The summed E-state index contributed by atoms with van der Waals surface area (Å²) in [5.41, 5.74) is -0.383. The van der Waals surface area contributed by atoms with Crippen molar-refractivity contribution in [3.63, 3.8) is 0 Å². The normalized spacial score (nSPS) is 59.1. The van der Waals surface area contributed by atoms with Gasteiger partial charge in [-0.3, -0.25) is 0 Å². The zero-order chi connectivity index (χ0) is 9.64. The Morgan fingerprint density at radius 3 is 2.83 bits per heavy atom. The quantitative estimate of drug-likeness (QED) is 0.669. The van der Waals surface area contributed by atoms with Gasteiger partial charge in [0.05, 0.1) is 12.2 Å². The fourth-order valence-corrected chi connectivity index (χ4v) is 2.44. The Labute approximate surface area is 74.2 Å². The van der Waals surface area contributed by atoms with E-state index in [-0.39, 0.29) is 30.0 Å². The van der Waals surface area contributed by atoms with Crippen LogP contribution in [0.2, 0.25) is 0 Å². The van der Waals surface area contributed by atoms with Crippen LogP contribution in [-0.4, -0.2) is 36.6 Å². The summed E-state index contributed by atoms with van der Waals surface area (Å²) in [5, 5.41) is 4.73. The van der Waals surface area contributed by atoms with Crippen molar-refractivity contribution >= 4 is 0 Å². The van der Waals surface area contributed by atoms with Gasteiger partial charge in [0.1, 0.15) is 17.8 Å². The summed E-state index contributed by atoms with van der Waals surface area (Å²) < 4.78 is 18.6. The van der Waals surface area contributed by atoms with Gasteiger partial charge in [-0.1, -0.05) is 6.92 Å². The molecule has 0 saturated carbocycles. The monoisotopic (exact) mass is 174 g/mol. The van der Waals surface area contributed by atoms with E-state index in [0.29, 0.717) is 0 Å². The Balaban J connectivity index is 2.29. The lowest BCUT2D eigenvalue weighted by Gasteiger charge is -2.33. The molecule has 0 aromatic rings. The lowest BCUT2D eigenvalue weighted by Crippen LogP contribution is -2.45. The molecular formula is C9H16O3. The second-order valence-corrected chi connectivity index (χ2v) is 3.80. The summed E-state index contributed by atoms with van der Waals surface area (Å²) >= 11 is 0. The summed E-state index contributed by atoms with van der Waals surface area (Å²) in [6, 6.07) is 0. The van der Waals surface area contributed by atoms with Crippen LogP contribution in [0.25, 0.3) is 0 Å². The van der Waals surface area contributed by atoms with E-state index in [2.05, 4.69) is 0 Å². The van der Waals surface area contributed by atoms with E-state index in [1.54, 1.807) is 0 Å². The Hall–Kier alpha value is -0.120. The van der Waals surface area contributed by atoms with Crippen molar-refractivity contribution in [1.82, 2.24) is 0 Å². The third-order valence-electron chi connectivity index (χ3n) is 3.25. The minimum Gasteiger partial charge on any atom is -0.387 e. The molecule has 2 heterocycles. The maximum atomic E-state index is 7.05. The molecule has 0 radical (unpaired) electrons. The summed E-state index contributed by atoms with van der Waals surface area (Å²) in [4.78, 5) is 0. The molecule has 2 fully saturated rings. The van der Waals surface area contributed by atoms with Gasteiger partial charge < -0.3 is 14.6 Å². The van der Waals surface area contributed by atoms with Crippen LogP contribution in [0, 0.1) is 0 Å². The first-order chi connectivity index (χ1) is 6.15. The van der Waals surface area contributed by atoms with Crippen molar-refractivity contribution in [2.75, 3.05) is 0 Å². The second kappa shape index (κ2) is 2.44. The van der Waals surface area contributed by atoms with Crippen molar-refractivity contribution in [2.24, 2.45) is 0 Å². The Morgan fingerprint density at radius 2 is 2.33 bits per heavy atom. The van der Waals surface area contributed by atoms with Gasteiger partial charge >= 0.3 is 0 Å². The lowest BCUT2D eigenvalue weighted by atomic mass is 9.91. The lowest BCUT2D eigenvalue weighted by molar-refractivity contribution is -0.176. The van der Waals surface area contributed by atoms with Crippen molar-refractivity contribution < 1.29 is 14.6 Å². The molecule has 2 bridgehead atoms. The first-order valence-electron chi connectivity index (χ1n) is 5.01. The third kappa shape index (κ3) is 0.767. The van der Waals surface area contributed by atoms with E-state index < -0.39 is 0 Å². The molecule has 5 atom stereocenters. The maximum absolute atomic E-state index is 7.05. The number of fused-ring (bicyclic) bond motifs is 2. The van der Waals surface area contributed by atoms with Gasteiger partial charge in [0.2, 0.25) is 1.43 Å². The molecule has 0 unspecified atom stereocenters. The molecule has 1 N–H and O–H groups in total. The molecule has 2 saturated heterocycles. The summed E-state index contributed by atoms with van der Waals surface area (Å²) in [6.07, 6.45) is 0.633. The molecule has 2 aliphatic rings. The van der Waals surface area contributed by atoms with Gasteiger partial charge in [0, 0.05) is 0 Å². The molecule has 3 nitrogen and oxygen atoms in total. The van der Waals surface area contributed by atoms with Gasteiger partial charge in [0.25, 0.3) is 0 Å². The fourth-order valence-electron chi connectivity index (χ4n) is 2.44. The highest BCUT2D eigenvalue weighted by Crippen LogP contribution is 2.45. The number of hydrogen-bond donors (Lipinski definition) is 1. The Bertz CT molecular complexity index is 211. The molecule has 12 heavy (non-hydrogen) atoms. The molecule has 0 spiro atoms. The molecular weight excluding hydrogens is 156 g/mol. The van der Waals surface area contributed by atoms with Crippen LogP contribution < -0.4 is 0 Å². The maximum Gasteiger partial charge on any atom is 0.211 e. The van der Waals surface area contributed by atoms with Gasteiger partial charge in [-0.05, 0) is 20.3 Å². The third-order valence-corrected chi connectivity index (χ3v) is 3.25. The predicted molar refractivity (Wildman–Crippen MR) is 43.9 cm³/mol. The van der Waals surface area contributed by atoms with Crippen LogP contribution >= 0.6 is 0 Å². The van der Waals surface area contributed by atoms with Crippen molar-refractivity contribution in [2.45, 2.75) is 57.2 Å². The number of hydrogen-bond acceptors (Lipinski definition) is 3. The number of aliphatic hydroxyl groups is 1. The number of aliphatic hydroxyl groups excluding tert-OH is 1. The molecule has 3 heteroatoms. The molecule has 0 aliphatic carbocycles. The highest BCUT2D eigenvalue weighted by Gasteiger charge is 2.62. The first-order valence-corrected chi connectivity index (χ1v) is 4.61. The Morgan fingerprint density at radius 1 is 1.58 bits per heavy atom. The minimum atomic E-state index is -0.383. The molecule has 0 amide bonds. The van der Waals surface area contributed by atoms with Crippen LogP contribution in [0.15, 0.2) is 0 Å². The number of rotatable bonds is 2. The van der Waals surface area contributed by atoms with E-state index in [4.69, 9.17) is 16.0 Å². The molecule has 70 valence electrons. The smallest absolute Gasteiger partial charge is 0.211 e. The van der Waals surface area contributed by atoms with E-state index in [1.807, 2.05) is 20.8 Å². The van der Waals surface area contributed by atoms with Gasteiger partial charge in [-0.25, -0.2) is 0 Å². The molecule has 2 rings (SSSR count). The van der Waals surface area contributed by atoms with Crippen LogP contribution in [0.4, 0.5) is 0 Å². The minimum absolute atomic E-state index is 0.0362. The van der Waals surface area contributed by atoms with E-state index in [1.165, 1.54) is 0 Å². The highest BCUT2D eigenvalue weighted by molar-refractivity contribution is 5.10. The van der Waals surface area contributed by atoms with Crippen molar-refractivity contribution in [3.05, 3.63) is 0 Å². The van der Waals surface area contributed by atoms with Gasteiger partial charge in [-0.15, -0.1) is 0 Å². The number of ether oxygens (including phenoxy) is 2. The van der Waals surface area contributed by atoms with Gasteiger partial charge in [-0.2, -0.15) is 0 Å². The molecule has 0 aromatic carbocycles. The standard InChI is InChI=1S/C9H16O3/c1-4-9-6(3)11-7(8(9)10)5(2)12-9/h5-8,10H,4H2,1-3H3/t5-,6+,7-,8-,9-/m0/s1/i10T. The van der Waals surface area contributed by atoms with Crippen LogP contribution in [-0.2, 0) is 9.47 Å². The molecule has 0 aromatic heterocycles. The average molecular weight is 174 g/mol. The van der Waals surface area contributed by atoms with Crippen LogP contribution in [0.3, 0.4) is 0 Å². The van der Waals surface area contributed by atoms with E-state index in [9.17, 15) is 0 Å². The van der Waals surface area contributed by atoms with Crippen LogP contribution in [0.5, 0.6) is 0 Å². The SMILES string of the molecule is [3H]O[C@H]1[C@H]2O[C@H](C)[C@]1(CC)O[C@H]2C. The summed E-state index contributed by atoms with van der Waals surface area (Å²) in [5.74, 6) is 0. The summed E-state index contributed by atoms with van der Waals surface area (Å²) in [7, 11) is 0. The highest BCUT2D eigenvalue weighted by atomic mass is 16.6. The van der Waals surface area contributed by atoms with Crippen molar-refractivity contribution in [1.29, 1.82) is 1.43 Å². The zero-order valence-corrected chi connectivity index (χ0v) is 7.74. The van der Waals surface area contributed by atoms with E-state index in [0.717, 1.165) is 6.42 Å². The van der Waals surface area contributed by atoms with Gasteiger partial charge in [0.15, 0.2) is 0 Å². The largest absolute Gasteiger partial charge is 0.387 e. The average Bonchev–Trinajstić information content (AvgIpc) is 2.54. The Kier molecular flexibility index (Phi) is 1.48. The van der Waals surface area contributed by atoms with Crippen molar-refractivity contribution in [3.8, 4) is 0 Å². The fraction of sp³-hybridized carbons (Fsp3) is 1.00.